The lowest BCUT2D eigenvalue weighted by Crippen LogP contribution is -1.99. The number of hydrogen-bond acceptors (Lipinski definition) is 5. The van der Waals surface area contributed by atoms with Gasteiger partial charge in [0.25, 0.3) is 0 Å². The third kappa shape index (κ3) is 2.53. The zero-order valence-electron chi connectivity index (χ0n) is 11.5. The van der Waals surface area contributed by atoms with Gasteiger partial charge in [0.05, 0.1) is 29.0 Å². The van der Waals surface area contributed by atoms with E-state index in [4.69, 9.17) is 27.9 Å². The monoisotopic (exact) mass is 335 g/mol. The maximum Gasteiger partial charge on any atom is 0.167 e. The molecule has 2 heterocycles. The van der Waals surface area contributed by atoms with E-state index in [0.29, 0.717) is 33.3 Å². The van der Waals surface area contributed by atoms with Crippen molar-refractivity contribution in [2.24, 2.45) is 0 Å². The number of halogens is 2. The molecule has 0 amide bonds. The van der Waals surface area contributed by atoms with E-state index in [1.165, 1.54) is 25.7 Å². The highest BCUT2D eigenvalue weighted by Gasteiger charge is 2.14. The summed E-state index contributed by atoms with van der Waals surface area (Å²) in [6, 6.07) is 3.50. The molecule has 0 saturated carbocycles. The minimum Gasteiger partial charge on any atom is -0.504 e. The van der Waals surface area contributed by atoms with Gasteiger partial charge in [0, 0.05) is 29.6 Å². The molecule has 0 radical (unpaired) electrons. The van der Waals surface area contributed by atoms with Crippen molar-refractivity contribution in [2.45, 2.75) is 6.42 Å². The van der Waals surface area contributed by atoms with E-state index in [9.17, 15) is 5.11 Å². The Bertz CT molecular complexity index is 835. The summed E-state index contributed by atoms with van der Waals surface area (Å²) in [5.74, 6) is 0.412. The Morgan fingerprint density at radius 2 is 1.82 bits per heavy atom. The molecule has 0 unspecified atom stereocenters. The van der Waals surface area contributed by atoms with Crippen LogP contribution >= 0.6 is 23.2 Å². The van der Waals surface area contributed by atoms with Crippen LogP contribution in [0.25, 0.3) is 10.8 Å². The molecule has 0 bridgehead atoms. The standard InChI is InChI=1S/C15H11Cl2N3O2/c1-22-14-3-2-8-10(15(14)21)5-19-20-13(8)4-9-11(16)6-18-7-12(9)17/h2-3,5-7,21H,4H2,1H3. The molecule has 0 aliphatic carbocycles. The molecule has 112 valence electrons. The number of rotatable bonds is 3. The van der Waals surface area contributed by atoms with Crippen molar-refractivity contribution in [3.05, 3.63) is 52.0 Å². The van der Waals surface area contributed by atoms with E-state index in [-0.39, 0.29) is 5.75 Å². The molecule has 0 aliphatic rings. The molecular weight excluding hydrogens is 325 g/mol. The molecule has 0 aliphatic heterocycles. The third-order valence-electron chi connectivity index (χ3n) is 3.37. The molecule has 0 spiro atoms. The number of benzene rings is 1. The molecule has 2 aromatic heterocycles. The molecule has 0 fully saturated rings. The van der Waals surface area contributed by atoms with Crippen molar-refractivity contribution in [2.75, 3.05) is 7.11 Å². The molecule has 3 rings (SSSR count). The predicted octanol–water partition coefficient (Wildman–Crippen LogP) is 3.64. The van der Waals surface area contributed by atoms with E-state index in [2.05, 4.69) is 15.2 Å². The lowest BCUT2D eigenvalue weighted by atomic mass is 10.0. The van der Waals surface area contributed by atoms with Gasteiger partial charge in [0.2, 0.25) is 0 Å². The Morgan fingerprint density at radius 3 is 2.50 bits per heavy atom. The van der Waals surface area contributed by atoms with E-state index in [0.717, 1.165) is 10.9 Å². The number of phenolic OH excluding ortho intramolecular Hbond substituents is 1. The van der Waals surface area contributed by atoms with Crippen LogP contribution in [0.5, 0.6) is 11.5 Å². The minimum atomic E-state index is 0.0306. The lowest BCUT2D eigenvalue weighted by Gasteiger charge is -2.10. The summed E-state index contributed by atoms with van der Waals surface area (Å²) in [5, 5.41) is 20.5. The fraction of sp³-hybridized carbons (Fsp3) is 0.133. The average molecular weight is 336 g/mol. The second kappa shape index (κ2) is 5.94. The molecule has 22 heavy (non-hydrogen) atoms. The fourth-order valence-electron chi connectivity index (χ4n) is 2.25. The number of phenols is 1. The van der Waals surface area contributed by atoms with Crippen molar-refractivity contribution in [3.63, 3.8) is 0 Å². The van der Waals surface area contributed by atoms with Crippen LogP contribution in [0.4, 0.5) is 0 Å². The quantitative estimate of drug-likeness (QED) is 0.791. The number of aromatic nitrogens is 3. The maximum atomic E-state index is 10.2. The van der Waals surface area contributed by atoms with Crippen molar-refractivity contribution >= 4 is 34.0 Å². The summed E-state index contributed by atoms with van der Waals surface area (Å²) in [4.78, 5) is 3.93. The van der Waals surface area contributed by atoms with Gasteiger partial charge in [0.15, 0.2) is 11.5 Å². The van der Waals surface area contributed by atoms with Crippen LogP contribution in [0.2, 0.25) is 10.0 Å². The Hall–Kier alpha value is -2.11. The first kappa shape index (κ1) is 14.8. The SMILES string of the molecule is COc1ccc2c(Cc3c(Cl)cncc3Cl)nncc2c1O. The highest BCUT2D eigenvalue weighted by molar-refractivity contribution is 6.35. The number of ether oxygens (including phenoxy) is 1. The van der Waals surface area contributed by atoms with Gasteiger partial charge in [-0.1, -0.05) is 23.2 Å². The zero-order valence-corrected chi connectivity index (χ0v) is 13.1. The third-order valence-corrected chi connectivity index (χ3v) is 4.02. The number of aromatic hydroxyl groups is 1. The molecule has 5 nitrogen and oxygen atoms in total. The average Bonchev–Trinajstić information content (AvgIpc) is 2.52. The number of hydrogen-bond donors (Lipinski definition) is 1. The topological polar surface area (TPSA) is 68.1 Å². The number of pyridine rings is 1. The fourth-order valence-corrected chi connectivity index (χ4v) is 2.75. The normalized spacial score (nSPS) is 10.9. The Labute approximate surface area is 136 Å². The second-order valence-electron chi connectivity index (χ2n) is 4.63. The zero-order chi connectivity index (χ0) is 15.7. The van der Waals surface area contributed by atoms with E-state index in [1.54, 1.807) is 6.07 Å². The van der Waals surface area contributed by atoms with Crippen molar-refractivity contribution < 1.29 is 9.84 Å². The summed E-state index contributed by atoms with van der Waals surface area (Å²) in [5.41, 5.74) is 1.38. The smallest absolute Gasteiger partial charge is 0.167 e. The first-order valence-corrected chi connectivity index (χ1v) is 7.15. The highest BCUT2D eigenvalue weighted by atomic mass is 35.5. The lowest BCUT2D eigenvalue weighted by molar-refractivity contribution is 0.376. The van der Waals surface area contributed by atoms with E-state index < -0.39 is 0 Å². The number of nitrogens with zero attached hydrogens (tertiary/aromatic N) is 3. The molecule has 1 N–H and O–H groups in total. The van der Waals surface area contributed by atoms with Crippen molar-refractivity contribution in [3.8, 4) is 11.5 Å². The molecule has 3 aromatic rings. The molecule has 7 heteroatoms. The van der Waals surface area contributed by atoms with Gasteiger partial charge >= 0.3 is 0 Å². The Kier molecular flexibility index (Phi) is 4.00. The minimum absolute atomic E-state index is 0.0306. The van der Waals surface area contributed by atoms with Crippen molar-refractivity contribution in [1.29, 1.82) is 0 Å². The van der Waals surface area contributed by atoms with Crippen LogP contribution in [0.1, 0.15) is 11.3 Å². The maximum absolute atomic E-state index is 10.2. The first-order chi connectivity index (χ1) is 10.6. The van der Waals surface area contributed by atoms with E-state index >= 15 is 0 Å². The van der Waals surface area contributed by atoms with Crippen molar-refractivity contribution in [1.82, 2.24) is 15.2 Å². The van der Waals surface area contributed by atoms with Crippen LogP contribution in [0, 0.1) is 0 Å². The molecule has 1 aromatic carbocycles. The summed E-state index contributed by atoms with van der Waals surface area (Å²) < 4.78 is 5.10. The van der Waals surface area contributed by atoms with Crippen LogP contribution in [0.3, 0.4) is 0 Å². The summed E-state index contributed by atoms with van der Waals surface area (Å²) in [6.07, 6.45) is 4.94. The van der Waals surface area contributed by atoms with Gasteiger partial charge in [-0.15, -0.1) is 0 Å². The van der Waals surface area contributed by atoms with Crippen LogP contribution in [-0.2, 0) is 6.42 Å². The van der Waals surface area contributed by atoms with Crippen LogP contribution in [-0.4, -0.2) is 27.4 Å². The van der Waals surface area contributed by atoms with Crippen LogP contribution in [0.15, 0.2) is 30.7 Å². The van der Waals surface area contributed by atoms with Crippen LogP contribution < -0.4 is 4.74 Å². The van der Waals surface area contributed by atoms with E-state index in [1.807, 2.05) is 6.07 Å². The van der Waals surface area contributed by atoms with Gasteiger partial charge in [-0.2, -0.15) is 10.2 Å². The summed E-state index contributed by atoms with van der Waals surface area (Å²) >= 11 is 12.3. The molecular formula is C15H11Cl2N3O2. The Balaban J connectivity index is 2.14. The first-order valence-electron chi connectivity index (χ1n) is 6.40. The van der Waals surface area contributed by atoms with Gasteiger partial charge in [0.1, 0.15) is 0 Å². The van der Waals surface area contributed by atoms with Gasteiger partial charge < -0.3 is 9.84 Å². The highest BCUT2D eigenvalue weighted by Crippen LogP contribution is 2.35. The van der Waals surface area contributed by atoms with Gasteiger partial charge in [-0.25, -0.2) is 0 Å². The molecule has 0 atom stereocenters. The second-order valence-corrected chi connectivity index (χ2v) is 5.44. The number of methoxy groups -OCH3 is 1. The summed E-state index contributed by atoms with van der Waals surface area (Å²) in [6.45, 7) is 0. The number of fused-ring (bicyclic) bond motifs is 1. The largest absolute Gasteiger partial charge is 0.504 e. The molecule has 0 saturated heterocycles. The van der Waals surface area contributed by atoms with Gasteiger partial charge in [-0.05, 0) is 17.7 Å². The predicted molar refractivity (Wildman–Crippen MR) is 84.8 cm³/mol. The Morgan fingerprint density at radius 1 is 1.09 bits per heavy atom. The van der Waals surface area contributed by atoms with Gasteiger partial charge in [-0.3, -0.25) is 4.98 Å². The summed E-state index contributed by atoms with van der Waals surface area (Å²) in [7, 11) is 1.49.